The highest BCUT2D eigenvalue weighted by Gasteiger charge is 2.28. The molecule has 8 heteroatoms. The summed E-state index contributed by atoms with van der Waals surface area (Å²) in [4.78, 5) is 41.2. The highest BCUT2D eigenvalue weighted by Crippen LogP contribution is 2.17. The van der Waals surface area contributed by atoms with Crippen molar-refractivity contribution in [3.8, 4) is 0 Å². The number of aryl methyl sites for hydroxylation is 2. The number of nitrogens with zero attached hydrogens (tertiary/aromatic N) is 2. The fourth-order valence-electron chi connectivity index (χ4n) is 3.61. The predicted octanol–water partition coefficient (Wildman–Crippen LogP) is 3.45. The number of anilines is 1. The van der Waals surface area contributed by atoms with Gasteiger partial charge in [-0.15, -0.1) is 0 Å². The quantitative estimate of drug-likeness (QED) is 0.759. The van der Waals surface area contributed by atoms with Crippen LogP contribution >= 0.6 is 11.6 Å². The largest absolute Gasteiger partial charge is 0.336 e. The van der Waals surface area contributed by atoms with Gasteiger partial charge in [-0.3, -0.25) is 19.8 Å². The summed E-state index contributed by atoms with van der Waals surface area (Å²) in [6, 6.07) is 11.5. The Morgan fingerprint density at radius 1 is 1.00 bits per heavy atom. The van der Waals surface area contributed by atoms with Gasteiger partial charge in [0.05, 0.1) is 6.04 Å². The molecule has 4 amide bonds. The van der Waals surface area contributed by atoms with E-state index < -0.39 is 12.1 Å². The van der Waals surface area contributed by atoms with E-state index in [-0.39, 0.29) is 11.8 Å². The van der Waals surface area contributed by atoms with Crippen LogP contribution in [0.15, 0.2) is 42.5 Å². The van der Waals surface area contributed by atoms with Gasteiger partial charge in [-0.2, -0.15) is 0 Å². The third-order valence-corrected chi connectivity index (χ3v) is 5.70. The third kappa shape index (κ3) is 5.83. The van der Waals surface area contributed by atoms with Gasteiger partial charge < -0.3 is 10.2 Å². The molecular formula is C23H27ClN4O3. The summed E-state index contributed by atoms with van der Waals surface area (Å²) in [5.74, 6) is -0.455. The van der Waals surface area contributed by atoms with Crippen LogP contribution in [0.3, 0.4) is 0 Å². The molecule has 0 aliphatic carbocycles. The number of rotatable bonds is 4. The second-order valence-corrected chi connectivity index (χ2v) is 8.21. The van der Waals surface area contributed by atoms with Crippen molar-refractivity contribution in [3.05, 3.63) is 64.2 Å². The van der Waals surface area contributed by atoms with Crippen LogP contribution in [0.2, 0.25) is 5.02 Å². The lowest BCUT2D eigenvalue weighted by atomic mass is 10.1. The second-order valence-electron chi connectivity index (χ2n) is 7.78. The van der Waals surface area contributed by atoms with E-state index in [0.29, 0.717) is 42.5 Å². The van der Waals surface area contributed by atoms with Crippen molar-refractivity contribution in [2.45, 2.75) is 26.8 Å². The zero-order valence-electron chi connectivity index (χ0n) is 17.9. The number of urea groups is 1. The number of amides is 4. The average Bonchev–Trinajstić information content (AvgIpc) is 2.74. The summed E-state index contributed by atoms with van der Waals surface area (Å²) < 4.78 is 0. The summed E-state index contributed by atoms with van der Waals surface area (Å²) in [6.45, 7) is 7.71. The van der Waals surface area contributed by atoms with Crippen LogP contribution in [0.25, 0.3) is 0 Å². The molecule has 2 aromatic carbocycles. The molecular weight excluding hydrogens is 416 g/mol. The van der Waals surface area contributed by atoms with Crippen molar-refractivity contribution in [2.24, 2.45) is 0 Å². The zero-order valence-corrected chi connectivity index (χ0v) is 18.7. The number of hydrogen-bond acceptors (Lipinski definition) is 4. The van der Waals surface area contributed by atoms with Gasteiger partial charge in [-0.05, 0) is 50.6 Å². The Kier molecular flexibility index (Phi) is 7.30. The van der Waals surface area contributed by atoms with E-state index in [1.165, 1.54) is 0 Å². The Labute approximate surface area is 187 Å². The van der Waals surface area contributed by atoms with E-state index in [4.69, 9.17) is 11.6 Å². The molecule has 2 N–H and O–H groups in total. The van der Waals surface area contributed by atoms with Gasteiger partial charge in [0, 0.05) is 42.5 Å². The van der Waals surface area contributed by atoms with Crippen molar-refractivity contribution in [1.82, 2.24) is 15.1 Å². The SMILES string of the molecule is Cc1ccc(NC(=O)NC(=O)C(C)N2CCN(C(=O)c3cccc(Cl)c3)CC2)c(C)c1. The zero-order chi connectivity index (χ0) is 22.5. The molecule has 1 saturated heterocycles. The molecule has 3 rings (SSSR count). The number of piperazine rings is 1. The molecule has 0 saturated carbocycles. The first-order chi connectivity index (χ1) is 14.7. The number of imide groups is 1. The number of carbonyl (C=O) groups excluding carboxylic acids is 3. The molecule has 1 aliphatic rings. The van der Waals surface area contributed by atoms with Gasteiger partial charge >= 0.3 is 6.03 Å². The molecule has 1 fully saturated rings. The van der Waals surface area contributed by atoms with Gasteiger partial charge in [-0.1, -0.05) is 35.4 Å². The smallest absolute Gasteiger partial charge is 0.325 e. The van der Waals surface area contributed by atoms with Crippen molar-refractivity contribution in [3.63, 3.8) is 0 Å². The van der Waals surface area contributed by atoms with Gasteiger partial charge in [0.15, 0.2) is 0 Å². The van der Waals surface area contributed by atoms with Crippen LogP contribution in [-0.4, -0.2) is 59.9 Å². The van der Waals surface area contributed by atoms with E-state index in [0.717, 1.165) is 11.1 Å². The Morgan fingerprint density at radius 3 is 2.35 bits per heavy atom. The van der Waals surface area contributed by atoms with Gasteiger partial charge in [0.25, 0.3) is 5.91 Å². The first-order valence-corrected chi connectivity index (χ1v) is 10.6. The Balaban J connectivity index is 1.50. The minimum Gasteiger partial charge on any atom is -0.336 e. The van der Waals surface area contributed by atoms with E-state index >= 15 is 0 Å². The van der Waals surface area contributed by atoms with Crippen molar-refractivity contribution in [1.29, 1.82) is 0 Å². The average molecular weight is 443 g/mol. The molecule has 0 bridgehead atoms. The normalized spacial score (nSPS) is 15.3. The lowest BCUT2D eigenvalue weighted by molar-refractivity contribution is -0.125. The van der Waals surface area contributed by atoms with Gasteiger partial charge in [-0.25, -0.2) is 4.79 Å². The molecule has 1 unspecified atom stereocenters. The number of benzene rings is 2. The standard InChI is InChI=1S/C23H27ClN4O3/c1-15-7-8-20(16(2)13-15)25-23(31)26-21(29)17(3)27-9-11-28(12-10-27)22(30)18-5-4-6-19(24)14-18/h4-8,13-14,17H,9-12H2,1-3H3,(H2,25,26,29,31). The van der Waals surface area contributed by atoms with Crippen LogP contribution < -0.4 is 10.6 Å². The first kappa shape index (κ1) is 22.8. The minimum absolute atomic E-state index is 0.0768. The molecule has 164 valence electrons. The van der Waals surface area contributed by atoms with Crippen LogP contribution in [0, 0.1) is 13.8 Å². The summed E-state index contributed by atoms with van der Waals surface area (Å²) in [5, 5.41) is 5.65. The maximum atomic E-state index is 12.6. The van der Waals surface area contributed by atoms with Crippen LogP contribution in [-0.2, 0) is 4.79 Å². The molecule has 1 heterocycles. The minimum atomic E-state index is -0.557. The summed E-state index contributed by atoms with van der Waals surface area (Å²) >= 11 is 5.98. The van der Waals surface area contributed by atoms with E-state index in [9.17, 15) is 14.4 Å². The monoisotopic (exact) mass is 442 g/mol. The van der Waals surface area contributed by atoms with Crippen molar-refractivity contribution < 1.29 is 14.4 Å². The van der Waals surface area contributed by atoms with Gasteiger partial charge in [0.2, 0.25) is 5.91 Å². The summed E-state index contributed by atoms with van der Waals surface area (Å²) in [7, 11) is 0. The predicted molar refractivity (Wildman–Crippen MR) is 121 cm³/mol. The van der Waals surface area contributed by atoms with Crippen LogP contribution in [0.5, 0.6) is 0 Å². The van der Waals surface area contributed by atoms with E-state index in [1.54, 1.807) is 36.1 Å². The lowest BCUT2D eigenvalue weighted by Gasteiger charge is -2.37. The molecule has 0 radical (unpaired) electrons. The van der Waals surface area contributed by atoms with E-state index in [2.05, 4.69) is 10.6 Å². The molecule has 7 nitrogen and oxygen atoms in total. The molecule has 0 spiro atoms. The highest BCUT2D eigenvalue weighted by atomic mass is 35.5. The molecule has 31 heavy (non-hydrogen) atoms. The summed E-state index contributed by atoms with van der Waals surface area (Å²) in [6.07, 6.45) is 0. The van der Waals surface area contributed by atoms with E-state index in [1.807, 2.05) is 36.9 Å². The second kappa shape index (κ2) is 9.94. The fraction of sp³-hybridized carbons (Fsp3) is 0.348. The third-order valence-electron chi connectivity index (χ3n) is 5.47. The molecule has 1 atom stereocenters. The molecule has 2 aromatic rings. The van der Waals surface area contributed by atoms with Crippen molar-refractivity contribution in [2.75, 3.05) is 31.5 Å². The fourth-order valence-corrected chi connectivity index (χ4v) is 3.80. The van der Waals surface area contributed by atoms with Crippen LogP contribution in [0.4, 0.5) is 10.5 Å². The maximum absolute atomic E-state index is 12.6. The maximum Gasteiger partial charge on any atom is 0.325 e. The topological polar surface area (TPSA) is 81.8 Å². The number of carbonyl (C=O) groups is 3. The van der Waals surface area contributed by atoms with Gasteiger partial charge in [0.1, 0.15) is 0 Å². The first-order valence-electron chi connectivity index (χ1n) is 10.2. The Hall–Kier alpha value is -2.90. The number of hydrogen-bond donors (Lipinski definition) is 2. The highest BCUT2D eigenvalue weighted by molar-refractivity contribution is 6.30. The molecule has 1 aliphatic heterocycles. The lowest BCUT2D eigenvalue weighted by Crippen LogP contribution is -2.55. The van der Waals surface area contributed by atoms with Crippen molar-refractivity contribution >= 4 is 35.1 Å². The molecule has 0 aromatic heterocycles. The number of halogens is 1. The Morgan fingerprint density at radius 2 is 1.71 bits per heavy atom. The summed E-state index contributed by atoms with van der Waals surface area (Å²) in [5.41, 5.74) is 3.24. The van der Waals surface area contributed by atoms with Crippen LogP contribution in [0.1, 0.15) is 28.4 Å². The Bertz CT molecular complexity index is 987. The number of nitrogens with one attached hydrogen (secondary N) is 2.